The predicted octanol–water partition coefficient (Wildman–Crippen LogP) is 3.57. The summed E-state index contributed by atoms with van der Waals surface area (Å²) in [6, 6.07) is 14.9. The Morgan fingerprint density at radius 1 is 1.04 bits per heavy atom. The number of aromatic nitrogens is 1. The van der Waals surface area contributed by atoms with Gasteiger partial charge in [-0.1, -0.05) is 6.07 Å². The van der Waals surface area contributed by atoms with Crippen LogP contribution in [0, 0.1) is 6.92 Å². The van der Waals surface area contributed by atoms with E-state index in [0.29, 0.717) is 17.1 Å². The Balaban J connectivity index is 1.73. The van der Waals surface area contributed by atoms with Gasteiger partial charge in [0, 0.05) is 29.2 Å². The second-order valence-corrected chi connectivity index (χ2v) is 5.90. The van der Waals surface area contributed by atoms with E-state index in [2.05, 4.69) is 10.5 Å². The summed E-state index contributed by atoms with van der Waals surface area (Å²) in [6.45, 7) is 1.94. The van der Waals surface area contributed by atoms with Crippen LogP contribution in [-0.2, 0) is 0 Å². The Kier molecular flexibility index (Phi) is 5.56. The number of carbonyl (C=O) groups is 1. The van der Waals surface area contributed by atoms with Crippen LogP contribution in [0.1, 0.15) is 21.5 Å². The third-order valence-corrected chi connectivity index (χ3v) is 4.15. The van der Waals surface area contributed by atoms with Crippen LogP contribution < -0.4 is 14.9 Å². The molecule has 0 radical (unpaired) electrons. The number of amides is 1. The third-order valence-electron chi connectivity index (χ3n) is 4.15. The summed E-state index contributed by atoms with van der Waals surface area (Å²) in [4.78, 5) is 12.4. The highest BCUT2D eigenvalue weighted by Gasteiger charge is 2.08. The third kappa shape index (κ3) is 4.17. The zero-order valence-corrected chi connectivity index (χ0v) is 15.5. The minimum absolute atomic E-state index is 0.279. The van der Waals surface area contributed by atoms with Crippen molar-refractivity contribution in [1.29, 1.82) is 0 Å². The van der Waals surface area contributed by atoms with Crippen LogP contribution in [0.2, 0.25) is 0 Å². The first kappa shape index (κ1) is 18.3. The number of hydrogen-bond acceptors (Lipinski definition) is 4. The second-order valence-electron chi connectivity index (χ2n) is 5.90. The van der Waals surface area contributed by atoms with Crippen molar-refractivity contribution in [2.24, 2.45) is 5.10 Å². The molecule has 0 fully saturated rings. The van der Waals surface area contributed by atoms with Gasteiger partial charge in [0.15, 0.2) is 11.5 Å². The summed E-state index contributed by atoms with van der Waals surface area (Å²) < 4.78 is 12.5. The number of hydrazone groups is 1. The van der Waals surface area contributed by atoms with Gasteiger partial charge in [0.25, 0.3) is 5.91 Å². The summed E-state index contributed by atoms with van der Waals surface area (Å²) in [5.74, 6) is 0.978. The van der Waals surface area contributed by atoms with Crippen LogP contribution in [-0.4, -0.2) is 30.9 Å². The second kappa shape index (κ2) is 8.23. The monoisotopic (exact) mass is 363 g/mol. The van der Waals surface area contributed by atoms with Crippen LogP contribution in [0.5, 0.6) is 11.5 Å². The maximum Gasteiger partial charge on any atom is 0.271 e. The molecule has 138 valence electrons. The summed E-state index contributed by atoms with van der Waals surface area (Å²) >= 11 is 0. The molecule has 0 bridgehead atoms. The Hall–Kier alpha value is -3.54. The van der Waals surface area contributed by atoms with E-state index < -0.39 is 0 Å². The van der Waals surface area contributed by atoms with Crippen LogP contribution >= 0.6 is 0 Å². The van der Waals surface area contributed by atoms with Crippen molar-refractivity contribution in [3.63, 3.8) is 0 Å². The van der Waals surface area contributed by atoms with Gasteiger partial charge in [0.2, 0.25) is 0 Å². The van der Waals surface area contributed by atoms with Crippen molar-refractivity contribution in [2.45, 2.75) is 6.92 Å². The highest BCUT2D eigenvalue weighted by molar-refractivity contribution is 5.95. The van der Waals surface area contributed by atoms with Gasteiger partial charge in [0.05, 0.1) is 20.4 Å². The van der Waals surface area contributed by atoms with E-state index in [1.165, 1.54) is 0 Å². The molecule has 6 heteroatoms. The van der Waals surface area contributed by atoms with E-state index in [0.717, 1.165) is 16.8 Å². The normalized spacial score (nSPS) is 10.8. The van der Waals surface area contributed by atoms with Gasteiger partial charge in [-0.25, -0.2) is 5.43 Å². The van der Waals surface area contributed by atoms with Crippen LogP contribution in [0.25, 0.3) is 5.69 Å². The minimum atomic E-state index is -0.279. The lowest BCUT2D eigenvalue weighted by Crippen LogP contribution is -2.17. The summed E-state index contributed by atoms with van der Waals surface area (Å²) in [5.41, 5.74) is 5.79. The topological polar surface area (TPSA) is 64.8 Å². The lowest BCUT2D eigenvalue weighted by molar-refractivity contribution is 0.0955. The van der Waals surface area contributed by atoms with E-state index >= 15 is 0 Å². The molecule has 6 nitrogen and oxygen atoms in total. The maximum absolute atomic E-state index is 12.4. The van der Waals surface area contributed by atoms with Gasteiger partial charge in [-0.2, -0.15) is 5.10 Å². The molecule has 1 amide bonds. The molecule has 0 saturated carbocycles. The van der Waals surface area contributed by atoms with Crippen molar-refractivity contribution >= 4 is 12.1 Å². The summed E-state index contributed by atoms with van der Waals surface area (Å²) in [5, 5.41) is 4.07. The first-order valence-corrected chi connectivity index (χ1v) is 8.42. The average molecular weight is 363 g/mol. The van der Waals surface area contributed by atoms with Crippen LogP contribution in [0.15, 0.2) is 66.0 Å². The molecular formula is C21H21N3O3. The maximum atomic E-state index is 12.4. The molecule has 0 aliphatic heterocycles. The SMILES string of the molecule is COc1cc(C)c(/C=N/NC(=O)c2cccc(-n3cccc3)c2)cc1OC. The molecule has 0 aliphatic carbocycles. The van der Waals surface area contributed by atoms with Crippen molar-refractivity contribution < 1.29 is 14.3 Å². The smallest absolute Gasteiger partial charge is 0.271 e. The van der Waals surface area contributed by atoms with E-state index in [9.17, 15) is 4.79 Å². The quantitative estimate of drug-likeness (QED) is 0.538. The fourth-order valence-corrected chi connectivity index (χ4v) is 2.67. The molecule has 0 atom stereocenters. The molecule has 27 heavy (non-hydrogen) atoms. The molecule has 3 aromatic rings. The molecule has 1 heterocycles. The number of benzene rings is 2. The summed E-state index contributed by atoms with van der Waals surface area (Å²) in [7, 11) is 3.17. The fraction of sp³-hybridized carbons (Fsp3) is 0.143. The van der Waals surface area contributed by atoms with Crippen LogP contribution in [0.3, 0.4) is 0 Å². The fourth-order valence-electron chi connectivity index (χ4n) is 2.67. The molecule has 0 saturated heterocycles. The van der Waals surface area contributed by atoms with Gasteiger partial charge in [-0.3, -0.25) is 4.79 Å². The van der Waals surface area contributed by atoms with Crippen molar-refractivity contribution in [2.75, 3.05) is 14.2 Å². The number of ether oxygens (including phenoxy) is 2. The molecule has 3 rings (SSSR count). The highest BCUT2D eigenvalue weighted by atomic mass is 16.5. The standard InChI is InChI=1S/C21H21N3O3/c1-15-11-19(26-2)20(27-3)13-17(15)14-22-23-21(25)16-7-6-8-18(12-16)24-9-4-5-10-24/h4-14H,1-3H3,(H,23,25)/b22-14+. The lowest BCUT2D eigenvalue weighted by atomic mass is 10.1. The van der Waals surface area contributed by atoms with E-state index in [1.54, 1.807) is 26.5 Å². The van der Waals surface area contributed by atoms with Gasteiger partial charge in [-0.05, 0) is 55.0 Å². The molecular weight excluding hydrogens is 342 g/mol. The molecule has 1 aromatic heterocycles. The lowest BCUT2D eigenvalue weighted by Gasteiger charge is -2.10. The van der Waals surface area contributed by atoms with Gasteiger partial charge >= 0.3 is 0 Å². The Labute approximate surface area is 158 Å². The minimum Gasteiger partial charge on any atom is -0.493 e. The Bertz CT molecular complexity index is 963. The first-order valence-electron chi connectivity index (χ1n) is 8.42. The molecule has 2 aromatic carbocycles. The number of carbonyl (C=O) groups excluding carboxylic acids is 1. The van der Waals surface area contributed by atoms with Gasteiger partial charge in [0.1, 0.15) is 0 Å². The predicted molar refractivity (Wildman–Crippen MR) is 105 cm³/mol. The number of nitrogens with zero attached hydrogens (tertiary/aromatic N) is 2. The number of methoxy groups -OCH3 is 2. The molecule has 1 N–H and O–H groups in total. The highest BCUT2D eigenvalue weighted by Crippen LogP contribution is 2.29. The number of nitrogens with one attached hydrogen (secondary N) is 1. The van der Waals surface area contributed by atoms with Crippen molar-refractivity contribution in [3.05, 3.63) is 77.6 Å². The van der Waals surface area contributed by atoms with Crippen LogP contribution in [0.4, 0.5) is 0 Å². The van der Waals surface area contributed by atoms with E-state index in [1.807, 2.05) is 66.3 Å². The number of aryl methyl sites for hydroxylation is 1. The summed E-state index contributed by atoms with van der Waals surface area (Å²) in [6.07, 6.45) is 5.44. The Morgan fingerprint density at radius 3 is 2.44 bits per heavy atom. The number of rotatable bonds is 6. The average Bonchev–Trinajstić information content (AvgIpc) is 3.23. The number of hydrogen-bond donors (Lipinski definition) is 1. The molecule has 0 aliphatic rings. The van der Waals surface area contributed by atoms with E-state index in [-0.39, 0.29) is 5.91 Å². The van der Waals surface area contributed by atoms with Crippen molar-refractivity contribution in [3.8, 4) is 17.2 Å². The molecule has 0 spiro atoms. The first-order chi connectivity index (χ1) is 13.1. The van der Waals surface area contributed by atoms with Crippen molar-refractivity contribution in [1.82, 2.24) is 9.99 Å². The zero-order chi connectivity index (χ0) is 19.2. The molecule has 0 unspecified atom stereocenters. The largest absolute Gasteiger partial charge is 0.493 e. The van der Waals surface area contributed by atoms with E-state index in [4.69, 9.17) is 9.47 Å². The van der Waals surface area contributed by atoms with Gasteiger partial charge in [-0.15, -0.1) is 0 Å². The van der Waals surface area contributed by atoms with Gasteiger partial charge < -0.3 is 14.0 Å². The Morgan fingerprint density at radius 2 is 1.74 bits per heavy atom. The zero-order valence-electron chi connectivity index (χ0n) is 15.5.